The van der Waals surface area contributed by atoms with Crippen molar-refractivity contribution in [3.05, 3.63) is 83.3 Å². The zero-order valence-electron chi connectivity index (χ0n) is 20.1. The van der Waals surface area contributed by atoms with Gasteiger partial charge in [0, 0.05) is 6.07 Å². The van der Waals surface area contributed by atoms with Crippen LogP contribution in [0.5, 0.6) is 11.6 Å². The number of hydrogen-bond acceptors (Lipinski definition) is 8. The van der Waals surface area contributed by atoms with Crippen LogP contribution in [-0.4, -0.2) is 50.4 Å². The van der Waals surface area contributed by atoms with Crippen LogP contribution in [-0.2, 0) is 24.3 Å². The SMILES string of the molecule is COC(=O)CN(C(C)c1nc(Oc2ccc(F)cc2)ccc1C(=O)OC)S(=O)(=O)c1ccc(C)cc1. The average molecular weight is 517 g/mol. The summed E-state index contributed by atoms with van der Waals surface area (Å²) in [4.78, 5) is 29.0. The fourth-order valence-electron chi connectivity index (χ4n) is 3.34. The number of halogens is 1. The number of sulfonamides is 1. The number of rotatable bonds is 9. The second-order valence-corrected chi connectivity index (χ2v) is 9.64. The van der Waals surface area contributed by atoms with E-state index in [0.29, 0.717) is 0 Å². The van der Waals surface area contributed by atoms with Gasteiger partial charge in [-0.3, -0.25) is 4.79 Å². The molecular weight excluding hydrogens is 491 g/mol. The van der Waals surface area contributed by atoms with Crippen LogP contribution in [0.4, 0.5) is 4.39 Å². The maximum Gasteiger partial charge on any atom is 0.339 e. The van der Waals surface area contributed by atoms with E-state index in [1.54, 1.807) is 12.1 Å². The summed E-state index contributed by atoms with van der Waals surface area (Å²) in [5, 5.41) is 0. The van der Waals surface area contributed by atoms with Crippen molar-refractivity contribution in [1.82, 2.24) is 9.29 Å². The van der Waals surface area contributed by atoms with Crippen LogP contribution in [0.25, 0.3) is 0 Å². The molecule has 0 aliphatic carbocycles. The van der Waals surface area contributed by atoms with E-state index in [0.717, 1.165) is 17.0 Å². The Balaban J connectivity index is 2.10. The highest BCUT2D eigenvalue weighted by Gasteiger charge is 2.35. The van der Waals surface area contributed by atoms with Gasteiger partial charge in [-0.05, 0) is 56.3 Å². The third-order valence-corrected chi connectivity index (χ3v) is 7.24. The number of aromatic nitrogens is 1. The van der Waals surface area contributed by atoms with Gasteiger partial charge in [-0.2, -0.15) is 4.31 Å². The van der Waals surface area contributed by atoms with E-state index in [-0.39, 0.29) is 27.8 Å². The van der Waals surface area contributed by atoms with Crippen molar-refractivity contribution in [2.75, 3.05) is 20.8 Å². The molecule has 3 rings (SSSR count). The molecule has 1 atom stereocenters. The third kappa shape index (κ3) is 6.04. The summed E-state index contributed by atoms with van der Waals surface area (Å²) in [6, 6.07) is 12.9. The smallest absolute Gasteiger partial charge is 0.339 e. The number of ether oxygens (including phenoxy) is 3. The highest BCUT2D eigenvalue weighted by atomic mass is 32.2. The lowest BCUT2D eigenvalue weighted by Gasteiger charge is -2.28. The molecule has 0 radical (unpaired) electrons. The van der Waals surface area contributed by atoms with Crippen molar-refractivity contribution in [2.24, 2.45) is 0 Å². The molecule has 190 valence electrons. The summed E-state index contributed by atoms with van der Waals surface area (Å²) in [7, 11) is -1.92. The van der Waals surface area contributed by atoms with Crippen LogP contribution >= 0.6 is 0 Å². The Labute approximate surface area is 208 Å². The van der Waals surface area contributed by atoms with Gasteiger partial charge in [-0.1, -0.05) is 17.7 Å². The molecule has 0 bridgehead atoms. The molecule has 1 aromatic heterocycles. The van der Waals surface area contributed by atoms with Gasteiger partial charge in [-0.25, -0.2) is 22.6 Å². The van der Waals surface area contributed by atoms with E-state index in [1.807, 2.05) is 6.92 Å². The Bertz CT molecular complexity index is 1340. The van der Waals surface area contributed by atoms with Gasteiger partial charge in [0.1, 0.15) is 18.1 Å². The van der Waals surface area contributed by atoms with Gasteiger partial charge in [-0.15, -0.1) is 0 Å². The van der Waals surface area contributed by atoms with Crippen LogP contribution in [0.15, 0.2) is 65.6 Å². The summed E-state index contributed by atoms with van der Waals surface area (Å²) in [5.41, 5.74) is 0.813. The molecule has 0 N–H and O–H groups in total. The first kappa shape index (κ1) is 26.8. The second-order valence-electron chi connectivity index (χ2n) is 7.75. The van der Waals surface area contributed by atoms with Crippen molar-refractivity contribution in [2.45, 2.75) is 24.8 Å². The van der Waals surface area contributed by atoms with Gasteiger partial charge in [0.15, 0.2) is 0 Å². The Hall–Kier alpha value is -3.83. The quantitative estimate of drug-likeness (QED) is 0.392. The number of carbonyl (C=O) groups is 2. The average Bonchev–Trinajstić information content (AvgIpc) is 2.87. The van der Waals surface area contributed by atoms with Crippen molar-refractivity contribution in [3.63, 3.8) is 0 Å². The Morgan fingerprint density at radius 3 is 2.19 bits per heavy atom. The molecule has 1 unspecified atom stereocenters. The minimum absolute atomic E-state index is 0.0129. The van der Waals surface area contributed by atoms with Gasteiger partial charge >= 0.3 is 11.9 Å². The molecule has 0 aliphatic rings. The maximum atomic E-state index is 13.6. The summed E-state index contributed by atoms with van der Waals surface area (Å²) in [6.45, 7) is 2.65. The third-order valence-electron chi connectivity index (χ3n) is 5.31. The predicted molar refractivity (Wildman–Crippen MR) is 128 cm³/mol. The molecule has 0 saturated carbocycles. The molecular formula is C25H25FN2O7S. The van der Waals surface area contributed by atoms with Crippen LogP contribution in [0.1, 0.15) is 34.6 Å². The van der Waals surface area contributed by atoms with Gasteiger partial charge in [0.05, 0.1) is 36.4 Å². The molecule has 0 spiro atoms. The highest BCUT2D eigenvalue weighted by Crippen LogP contribution is 2.31. The van der Waals surface area contributed by atoms with Gasteiger partial charge < -0.3 is 14.2 Å². The number of benzene rings is 2. The molecule has 11 heteroatoms. The molecule has 0 fully saturated rings. The molecule has 2 aromatic carbocycles. The molecule has 36 heavy (non-hydrogen) atoms. The first-order valence-electron chi connectivity index (χ1n) is 10.7. The minimum atomic E-state index is -4.24. The fourth-order valence-corrected chi connectivity index (χ4v) is 4.88. The van der Waals surface area contributed by atoms with Gasteiger partial charge in [0.25, 0.3) is 0 Å². The summed E-state index contributed by atoms with van der Waals surface area (Å²) in [5.74, 6) is -1.74. The van der Waals surface area contributed by atoms with Crippen LogP contribution in [0.3, 0.4) is 0 Å². The fraction of sp³-hybridized carbons (Fsp3) is 0.240. The topological polar surface area (TPSA) is 112 Å². The lowest BCUT2D eigenvalue weighted by molar-refractivity contribution is -0.141. The summed E-state index contributed by atoms with van der Waals surface area (Å²) < 4.78 is 56.5. The van der Waals surface area contributed by atoms with Crippen LogP contribution in [0, 0.1) is 12.7 Å². The van der Waals surface area contributed by atoms with Gasteiger partial charge in [0.2, 0.25) is 15.9 Å². The molecule has 3 aromatic rings. The van der Waals surface area contributed by atoms with E-state index in [1.165, 1.54) is 62.6 Å². The number of carbonyl (C=O) groups excluding carboxylic acids is 2. The van der Waals surface area contributed by atoms with Crippen LogP contribution in [0.2, 0.25) is 0 Å². The van der Waals surface area contributed by atoms with Crippen LogP contribution < -0.4 is 4.74 Å². The summed E-state index contributed by atoms with van der Waals surface area (Å²) >= 11 is 0. The first-order valence-corrected chi connectivity index (χ1v) is 12.2. The monoisotopic (exact) mass is 516 g/mol. The van der Waals surface area contributed by atoms with E-state index in [4.69, 9.17) is 14.2 Å². The Kier molecular flexibility index (Phi) is 8.38. The number of hydrogen-bond donors (Lipinski definition) is 0. The number of pyridine rings is 1. The normalized spacial score (nSPS) is 12.2. The summed E-state index contributed by atoms with van der Waals surface area (Å²) in [6.07, 6.45) is 0. The minimum Gasteiger partial charge on any atom is -0.468 e. The van der Waals surface area contributed by atoms with E-state index >= 15 is 0 Å². The molecule has 9 nitrogen and oxygen atoms in total. The highest BCUT2D eigenvalue weighted by molar-refractivity contribution is 7.89. The number of esters is 2. The van der Waals surface area contributed by atoms with E-state index < -0.39 is 40.4 Å². The lowest BCUT2D eigenvalue weighted by Crippen LogP contribution is -2.39. The molecule has 0 saturated heterocycles. The number of aryl methyl sites for hydroxylation is 1. The molecule has 0 amide bonds. The van der Waals surface area contributed by atoms with E-state index in [2.05, 4.69) is 4.98 Å². The number of methoxy groups -OCH3 is 2. The predicted octanol–water partition coefficient (Wildman–Crippen LogP) is 4.03. The van der Waals surface area contributed by atoms with Crippen molar-refractivity contribution in [1.29, 1.82) is 0 Å². The Morgan fingerprint density at radius 1 is 0.972 bits per heavy atom. The number of nitrogens with zero attached hydrogens (tertiary/aromatic N) is 2. The molecule has 0 aliphatic heterocycles. The largest absolute Gasteiger partial charge is 0.468 e. The van der Waals surface area contributed by atoms with Crippen molar-refractivity contribution >= 4 is 22.0 Å². The zero-order valence-corrected chi connectivity index (χ0v) is 20.9. The first-order chi connectivity index (χ1) is 17.1. The van der Waals surface area contributed by atoms with Crippen molar-refractivity contribution < 1.29 is 36.6 Å². The molecule has 1 heterocycles. The zero-order chi connectivity index (χ0) is 26.5. The van der Waals surface area contributed by atoms with Crippen molar-refractivity contribution in [3.8, 4) is 11.6 Å². The van der Waals surface area contributed by atoms with E-state index in [9.17, 15) is 22.4 Å². The maximum absolute atomic E-state index is 13.6. The standard InChI is InChI=1S/C25H25FN2O7S/c1-16-5-11-20(12-6-16)36(31,32)28(15-23(29)33-3)17(2)24-21(25(30)34-4)13-14-22(27-24)35-19-9-7-18(26)8-10-19/h5-14,17H,15H2,1-4H3. The second kappa shape index (κ2) is 11.3. The lowest BCUT2D eigenvalue weighted by atomic mass is 10.1. The Morgan fingerprint density at radius 2 is 1.61 bits per heavy atom.